The molecule has 2 aromatic carbocycles. The molecule has 7 heteroatoms. The molecule has 7 nitrogen and oxygen atoms in total. The second-order valence-electron chi connectivity index (χ2n) is 7.54. The van der Waals surface area contributed by atoms with E-state index in [9.17, 15) is 14.7 Å². The molecule has 3 N–H and O–H groups in total. The van der Waals surface area contributed by atoms with Gasteiger partial charge in [-0.1, -0.05) is 29.8 Å². The van der Waals surface area contributed by atoms with Crippen molar-refractivity contribution < 1.29 is 14.7 Å². The number of aliphatic hydroxyl groups excluding tert-OH is 1. The van der Waals surface area contributed by atoms with Crippen LogP contribution < -0.4 is 10.6 Å². The Labute approximate surface area is 182 Å². The summed E-state index contributed by atoms with van der Waals surface area (Å²) < 4.78 is 1.91. The molecule has 0 saturated heterocycles. The first-order chi connectivity index (χ1) is 14.9. The number of rotatable bonds is 8. The summed E-state index contributed by atoms with van der Waals surface area (Å²) in [5.74, 6) is 0.0798. The number of fused-ring (bicyclic) bond motifs is 1. The van der Waals surface area contributed by atoms with E-state index in [2.05, 4.69) is 10.6 Å². The van der Waals surface area contributed by atoms with Crippen molar-refractivity contribution in [2.75, 3.05) is 25.0 Å². The van der Waals surface area contributed by atoms with Crippen LogP contribution in [0.2, 0.25) is 0 Å². The summed E-state index contributed by atoms with van der Waals surface area (Å²) in [6, 6.07) is 14.6. The number of carbonyl (C=O) groups is 2. The Morgan fingerprint density at radius 2 is 1.77 bits per heavy atom. The van der Waals surface area contributed by atoms with Gasteiger partial charge in [0.15, 0.2) is 0 Å². The van der Waals surface area contributed by atoms with Gasteiger partial charge in [0.2, 0.25) is 5.91 Å². The van der Waals surface area contributed by atoms with Gasteiger partial charge in [0.05, 0.1) is 6.10 Å². The zero-order chi connectivity index (χ0) is 22.4. The fraction of sp³-hybridized carbons (Fsp3) is 0.333. The third-order valence-electron chi connectivity index (χ3n) is 5.37. The molecule has 0 saturated carbocycles. The fourth-order valence-electron chi connectivity index (χ4n) is 3.51. The van der Waals surface area contributed by atoms with Gasteiger partial charge >= 0.3 is 6.03 Å². The van der Waals surface area contributed by atoms with Gasteiger partial charge in [0, 0.05) is 42.4 Å². The number of aryl methyl sites for hydroxylation is 1. The molecule has 0 bridgehead atoms. The summed E-state index contributed by atoms with van der Waals surface area (Å²) in [7, 11) is 0. The van der Waals surface area contributed by atoms with Crippen molar-refractivity contribution in [1.29, 1.82) is 0 Å². The van der Waals surface area contributed by atoms with Crippen LogP contribution in [0.15, 0.2) is 54.7 Å². The van der Waals surface area contributed by atoms with Crippen molar-refractivity contribution in [2.24, 2.45) is 0 Å². The lowest BCUT2D eigenvalue weighted by Gasteiger charge is -2.19. The summed E-state index contributed by atoms with van der Waals surface area (Å²) in [5, 5.41) is 16.7. The smallest absolute Gasteiger partial charge is 0.319 e. The molecule has 0 spiro atoms. The summed E-state index contributed by atoms with van der Waals surface area (Å²) in [4.78, 5) is 26.4. The third-order valence-corrected chi connectivity index (χ3v) is 5.37. The zero-order valence-corrected chi connectivity index (χ0v) is 18.3. The maximum atomic E-state index is 12.4. The van der Waals surface area contributed by atoms with E-state index in [1.807, 2.05) is 74.0 Å². The number of hydrogen-bond acceptors (Lipinski definition) is 3. The molecule has 0 radical (unpaired) electrons. The van der Waals surface area contributed by atoms with Gasteiger partial charge in [0.1, 0.15) is 6.54 Å². The molecular weight excluding hydrogens is 392 g/mol. The Hall–Kier alpha value is -3.32. The SMILES string of the molecule is CCN(CC)C(=O)Cn1ccc2cc(NC(=O)NCC(O)c3ccc(C)cc3)ccc21. The molecule has 3 rings (SSSR count). The number of likely N-dealkylation sites (N-methyl/N-ethyl adjacent to an activating group) is 1. The van der Waals surface area contributed by atoms with Gasteiger partial charge in [-0.2, -0.15) is 0 Å². The topological polar surface area (TPSA) is 86.6 Å². The Morgan fingerprint density at radius 3 is 2.45 bits per heavy atom. The summed E-state index contributed by atoms with van der Waals surface area (Å²) in [6.45, 7) is 7.70. The Balaban J connectivity index is 1.58. The van der Waals surface area contributed by atoms with Crippen molar-refractivity contribution >= 4 is 28.5 Å². The number of urea groups is 1. The largest absolute Gasteiger partial charge is 0.387 e. The minimum absolute atomic E-state index is 0.0798. The van der Waals surface area contributed by atoms with Crippen LogP contribution in [0.3, 0.4) is 0 Å². The lowest BCUT2D eigenvalue weighted by molar-refractivity contribution is -0.131. The van der Waals surface area contributed by atoms with Gasteiger partial charge in [-0.05, 0) is 50.6 Å². The van der Waals surface area contributed by atoms with E-state index >= 15 is 0 Å². The van der Waals surface area contributed by atoms with Crippen LogP contribution in [-0.4, -0.2) is 46.1 Å². The third kappa shape index (κ3) is 5.64. The molecule has 0 fully saturated rings. The van der Waals surface area contributed by atoms with Crippen molar-refractivity contribution in [3.05, 3.63) is 65.9 Å². The highest BCUT2D eigenvalue weighted by molar-refractivity contribution is 5.93. The molecule has 1 heterocycles. The highest BCUT2D eigenvalue weighted by atomic mass is 16.3. The predicted molar refractivity (Wildman–Crippen MR) is 123 cm³/mol. The van der Waals surface area contributed by atoms with Crippen LogP contribution in [0, 0.1) is 6.92 Å². The molecule has 1 atom stereocenters. The number of hydrogen-bond donors (Lipinski definition) is 3. The van der Waals surface area contributed by atoms with E-state index < -0.39 is 6.10 Å². The van der Waals surface area contributed by atoms with E-state index in [-0.39, 0.29) is 25.0 Å². The highest BCUT2D eigenvalue weighted by Crippen LogP contribution is 2.21. The number of aromatic nitrogens is 1. The average Bonchev–Trinajstić information content (AvgIpc) is 3.15. The van der Waals surface area contributed by atoms with E-state index in [1.165, 1.54) is 0 Å². The van der Waals surface area contributed by atoms with Crippen LogP contribution in [-0.2, 0) is 11.3 Å². The Kier molecular flexibility index (Phi) is 7.31. The molecule has 1 unspecified atom stereocenters. The molecule has 31 heavy (non-hydrogen) atoms. The summed E-state index contributed by atoms with van der Waals surface area (Å²) in [5.41, 5.74) is 3.44. The quantitative estimate of drug-likeness (QED) is 0.518. The van der Waals surface area contributed by atoms with E-state index in [0.29, 0.717) is 18.8 Å². The minimum atomic E-state index is -0.772. The van der Waals surface area contributed by atoms with Crippen LogP contribution >= 0.6 is 0 Å². The van der Waals surface area contributed by atoms with Gasteiger partial charge < -0.3 is 25.2 Å². The molecular formula is C24H30N4O3. The molecule has 3 amide bonds. The van der Waals surface area contributed by atoms with E-state index in [1.54, 1.807) is 11.0 Å². The lowest BCUT2D eigenvalue weighted by Crippen LogP contribution is -2.33. The van der Waals surface area contributed by atoms with Crippen molar-refractivity contribution in [2.45, 2.75) is 33.4 Å². The van der Waals surface area contributed by atoms with Gasteiger partial charge in [-0.25, -0.2) is 4.79 Å². The molecule has 0 aliphatic rings. The maximum absolute atomic E-state index is 12.4. The van der Waals surface area contributed by atoms with Crippen molar-refractivity contribution in [3.63, 3.8) is 0 Å². The number of benzene rings is 2. The first-order valence-corrected chi connectivity index (χ1v) is 10.6. The first-order valence-electron chi connectivity index (χ1n) is 10.6. The van der Waals surface area contributed by atoms with Crippen LogP contribution in [0.5, 0.6) is 0 Å². The van der Waals surface area contributed by atoms with Gasteiger partial charge in [-0.15, -0.1) is 0 Å². The van der Waals surface area contributed by atoms with E-state index in [4.69, 9.17) is 0 Å². The standard InChI is InChI=1S/C24H30N4O3/c1-4-27(5-2)23(30)16-28-13-12-19-14-20(10-11-21(19)28)26-24(31)25-15-22(29)18-8-6-17(3)7-9-18/h6-14,22,29H,4-5,15-16H2,1-3H3,(H2,25,26,31). The molecule has 1 aromatic heterocycles. The Bertz CT molecular complexity index is 1040. The maximum Gasteiger partial charge on any atom is 0.319 e. The number of nitrogens with zero attached hydrogens (tertiary/aromatic N) is 2. The summed E-state index contributed by atoms with van der Waals surface area (Å²) >= 11 is 0. The van der Waals surface area contributed by atoms with Crippen LogP contribution in [0.25, 0.3) is 10.9 Å². The zero-order valence-electron chi connectivity index (χ0n) is 18.3. The Morgan fingerprint density at radius 1 is 1.06 bits per heavy atom. The molecule has 0 aliphatic heterocycles. The fourth-order valence-corrected chi connectivity index (χ4v) is 3.51. The van der Waals surface area contributed by atoms with E-state index in [0.717, 1.165) is 22.0 Å². The molecule has 164 valence electrons. The highest BCUT2D eigenvalue weighted by Gasteiger charge is 2.13. The number of nitrogens with one attached hydrogen (secondary N) is 2. The number of amides is 3. The molecule has 0 aliphatic carbocycles. The van der Waals surface area contributed by atoms with Gasteiger partial charge in [0.25, 0.3) is 0 Å². The van der Waals surface area contributed by atoms with Gasteiger partial charge in [-0.3, -0.25) is 4.79 Å². The monoisotopic (exact) mass is 422 g/mol. The average molecular weight is 423 g/mol. The lowest BCUT2D eigenvalue weighted by atomic mass is 10.1. The second kappa shape index (κ2) is 10.1. The van der Waals surface area contributed by atoms with Crippen molar-refractivity contribution in [1.82, 2.24) is 14.8 Å². The first kappa shape index (κ1) is 22.4. The summed E-state index contributed by atoms with van der Waals surface area (Å²) in [6.07, 6.45) is 1.11. The minimum Gasteiger partial charge on any atom is -0.387 e. The van der Waals surface area contributed by atoms with Crippen LogP contribution in [0.4, 0.5) is 10.5 Å². The number of anilines is 1. The normalized spacial score (nSPS) is 11.9. The predicted octanol–water partition coefficient (Wildman–Crippen LogP) is 3.67. The number of aliphatic hydroxyl groups is 1. The second-order valence-corrected chi connectivity index (χ2v) is 7.54. The van der Waals surface area contributed by atoms with Crippen molar-refractivity contribution in [3.8, 4) is 0 Å². The number of carbonyl (C=O) groups excluding carboxylic acids is 2. The molecule has 3 aromatic rings. The van der Waals surface area contributed by atoms with Crippen LogP contribution in [0.1, 0.15) is 31.1 Å².